The normalized spacial score (nSPS) is 16.9. The molecular formula is C14H19N3O3. The molecule has 0 bridgehead atoms. The Hall–Kier alpha value is -2.08. The molecule has 0 saturated carbocycles. The van der Waals surface area contributed by atoms with E-state index in [4.69, 9.17) is 4.74 Å². The van der Waals surface area contributed by atoms with Crippen molar-refractivity contribution in [2.45, 2.75) is 19.4 Å². The number of fused-ring (bicyclic) bond motifs is 1. The molecule has 2 amide bonds. The van der Waals surface area contributed by atoms with Gasteiger partial charge in [-0.25, -0.2) is 0 Å². The predicted octanol–water partition coefficient (Wildman–Crippen LogP) is 0.745. The minimum atomic E-state index is -0.597. The Bertz CT molecular complexity index is 516. The number of carbonyl (C=O) groups excluding carboxylic acids is 2. The topological polar surface area (TPSA) is 79.5 Å². The van der Waals surface area contributed by atoms with Gasteiger partial charge in [-0.05, 0) is 39.1 Å². The zero-order valence-corrected chi connectivity index (χ0v) is 11.7. The van der Waals surface area contributed by atoms with E-state index in [0.717, 1.165) is 13.0 Å². The van der Waals surface area contributed by atoms with Gasteiger partial charge in [-0.3, -0.25) is 9.59 Å². The molecule has 1 aliphatic rings. The fraction of sp³-hybridized carbons (Fsp3) is 0.429. The zero-order valence-electron chi connectivity index (χ0n) is 11.7. The van der Waals surface area contributed by atoms with E-state index >= 15 is 0 Å². The molecule has 0 radical (unpaired) electrons. The van der Waals surface area contributed by atoms with Crippen LogP contribution in [0.4, 0.5) is 5.69 Å². The van der Waals surface area contributed by atoms with Crippen molar-refractivity contribution in [2.75, 3.05) is 25.5 Å². The van der Waals surface area contributed by atoms with Crippen molar-refractivity contribution < 1.29 is 14.3 Å². The van der Waals surface area contributed by atoms with Crippen molar-refractivity contribution in [1.29, 1.82) is 0 Å². The summed E-state index contributed by atoms with van der Waals surface area (Å²) in [6, 6.07) is 5.13. The number of anilines is 1. The highest BCUT2D eigenvalue weighted by molar-refractivity contribution is 6.03. The lowest BCUT2D eigenvalue weighted by atomic mass is 10.1. The molecule has 1 atom stereocenters. The maximum Gasteiger partial charge on any atom is 0.265 e. The van der Waals surface area contributed by atoms with Crippen LogP contribution in [0.15, 0.2) is 18.2 Å². The van der Waals surface area contributed by atoms with Gasteiger partial charge >= 0.3 is 0 Å². The first kappa shape index (κ1) is 14.3. The van der Waals surface area contributed by atoms with Gasteiger partial charge in [0, 0.05) is 6.54 Å². The lowest BCUT2D eigenvalue weighted by Gasteiger charge is -2.25. The molecular weight excluding hydrogens is 258 g/mol. The SMILES string of the molecule is CNCCCNC(=O)c1cccc2c1OC(C)C(=O)N2. The molecule has 20 heavy (non-hydrogen) atoms. The molecule has 108 valence electrons. The Morgan fingerprint density at radius 3 is 2.95 bits per heavy atom. The van der Waals surface area contributed by atoms with E-state index in [-0.39, 0.29) is 11.8 Å². The van der Waals surface area contributed by atoms with Crippen LogP contribution in [0.25, 0.3) is 0 Å². The molecule has 1 aromatic rings. The van der Waals surface area contributed by atoms with Gasteiger partial charge in [-0.1, -0.05) is 6.07 Å². The fourth-order valence-electron chi connectivity index (χ4n) is 1.97. The van der Waals surface area contributed by atoms with Gasteiger partial charge in [-0.2, -0.15) is 0 Å². The number of carbonyl (C=O) groups is 2. The molecule has 1 aromatic carbocycles. The van der Waals surface area contributed by atoms with Crippen LogP contribution in [-0.2, 0) is 4.79 Å². The van der Waals surface area contributed by atoms with E-state index < -0.39 is 6.10 Å². The fourth-order valence-corrected chi connectivity index (χ4v) is 1.97. The van der Waals surface area contributed by atoms with E-state index in [2.05, 4.69) is 16.0 Å². The lowest BCUT2D eigenvalue weighted by molar-refractivity contribution is -0.122. The average Bonchev–Trinajstić information content (AvgIpc) is 2.44. The Kier molecular flexibility index (Phi) is 4.57. The standard InChI is InChI=1S/C14H19N3O3/c1-9-13(18)17-11-6-3-5-10(12(11)20-9)14(19)16-8-4-7-15-2/h3,5-6,9,15H,4,7-8H2,1-2H3,(H,16,19)(H,17,18). The highest BCUT2D eigenvalue weighted by Gasteiger charge is 2.27. The van der Waals surface area contributed by atoms with Crippen LogP contribution in [0.2, 0.25) is 0 Å². The summed E-state index contributed by atoms with van der Waals surface area (Å²) < 4.78 is 5.54. The third kappa shape index (κ3) is 3.08. The number of amides is 2. The summed E-state index contributed by atoms with van der Waals surface area (Å²) in [6.45, 7) is 3.09. The summed E-state index contributed by atoms with van der Waals surface area (Å²) in [7, 11) is 1.87. The van der Waals surface area contributed by atoms with Gasteiger partial charge in [0.2, 0.25) is 0 Å². The monoisotopic (exact) mass is 277 g/mol. The molecule has 0 aromatic heterocycles. The summed E-state index contributed by atoms with van der Waals surface area (Å²) in [6.07, 6.45) is 0.256. The van der Waals surface area contributed by atoms with E-state index in [9.17, 15) is 9.59 Å². The van der Waals surface area contributed by atoms with Crippen LogP contribution in [0.3, 0.4) is 0 Å². The third-order valence-corrected chi connectivity index (χ3v) is 3.07. The lowest BCUT2D eigenvalue weighted by Crippen LogP contribution is -2.36. The highest BCUT2D eigenvalue weighted by atomic mass is 16.5. The average molecular weight is 277 g/mol. The quantitative estimate of drug-likeness (QED) is 0.694. The first-order valence-corrected chi connectivity index (χ1v) is 6.67. The maximum atomic E-state index is 12.1. The van der Waals surface area contributed by atoms with E-state index in [1.54, 1.807) is 25.1 Å². The van der Waals surface area contributed by atoms with Crippen molar-refractivity contribution in [3.8, 4) is 5.75 Å². The number of hydrogen-bond donors (Lipinski definition) is 3. The Balaban J connectivity index is 2.11. The number of para-hydroxylation sites is 1. The number of benzene rings is 1. The Labute approximate surface area is 117 Å². The van der Waals surface area contributed by atoms with Gasteiger partial charge in [0.1, 0.15) is 0 Å². The number of nitrogens with one attached hydrogen (secondary N) is 3. The third-order valence-electron chi connectivity index (χ3n) is 3.07. The summed E-state index contributed by atoms with van der Waals surface area (Å²) in [4.78, 5) is 23.7. The first-order valence-electron chi connectivity index (χ1n) is 6.67. The van der Waals surface area contributed by atoms with Crippen molar-refractivity contribution in [1.82, 2.24) is 10.6 Å². The first-order chi connectivity index (χ1) is 9.63. The predicted molar refractivity (Wildman–Crippen MR) is 76.0 cm³/mol. The van der Waals surface area contributed by atoms with E-state index in [1.807, 2.05) is 7.05 Å². The Morgan fingerprint density at radius 1 is 1.40 bits per heavy atom. The van der Waals surface area contributed by atoms with Crippen molar-refractivity contribution in [2.24, 2.45) is 0 Å². The molecule has 6 heteroatoms. The molecule has 2 rings (SSSR count). The van der Waals surface area contributed by atoms with E-state index in [1.165, 1.54) is 0 Å². The highest BCUT2D eigenvalue weighted by Crippen LogP contribution is 2.33. The molecule has 0 spiro atoms. The second-order valence-corrected chi connectivity index (χ2v) is 4.64. The zero-order chi connectivity index (χ0) is 14.5. The smallest absolute Gasteiger partial charge is 0.265 e. The molecule has 3 N–H and O–H groups in total. The summed E-state index contributed by atoms with van der Waals surface area (Å²) in [5, 5.41) is 8.58. The van der Waals surface area contributed by atoms with Crippen molar-refractivity contribution >= 4 is 17.5 Å². The van der Waals surface area contributed by atoms with Gasteiger partial charge in [0.15, 0.2) is 11.9 Å². The number of rotatable bonds is 5. The van der Waals surface area contributed by atoms with Crippen LogP contribution >= 0.6 is 0 Å². The maximum absolute atomic E-state index is 12.1. The summed E-state index contributed by atoms with van der Waals surface area (Å²) >= 11 is 0. The number of ether oxygens (including phenoxy) is 1. The number of hydrogen-bond acceptors (Lipinski definition) is 4. The van der Waals surface area contributed by atoms with Crippen LogP contribution in [0.5, 0.6) is 5.75 Å². The molecule has 6 nitrogen and oxygen atoms in total. The molecule has 1 aliphatic heterocycles. The van der Waals surface area contributed by atoms with Crippen LogP contribution in [0, 0.1) is 0 Å². The second-order valence-electron chi connectivity index (χ2n) is 4.64. The molecule has 1 heterocycles. The van der Waals surface area contributed by atoms with Gasteiger partial charge in [-0.15, -0.1) is 0 Å². The molecule has 0 aliphatic carbocycles. The van der Waals surface area contributed by atoms with Gasteiger partial charge < -0.3 is 20.7 Å². The minimum absolute atomic E-state index is 0.193. The Morgan fingerprint density at radius 2 is 2.20 bits per heavy atom. The van der Waals surface area contributed by atoms with Crippen molar-refractivity contribution in [3.05, 3.63) is 23.8 Å². The minimum Gasteiger partial charge on any atom is -0.478 e. The van der Waals surface area contributed by atoms with Crippen LogP contribution in [-0.4, -0.2) is 38.1 Å². The van der Waals surface area contributed by atoms with Crippen LogP contribution < -0.4 is 20.7 Å². The largest absolute Gasteiger partial charge is 0.478 e. The molecule has 0 fully saturated rings. The second kappa shape index (κ2) is 6.38. The summed E-state index contributed by atoms with van der Waals surface area (Å²) in [5.74, 6) is 0.0381. The van der Waals surface area contributed by atoms with Crippen molar-refractivity contribution in [3.63, 3.8) is 0 Å². The van der Waals surface area contributed by atoms with Gasteiger partial charge in [0.05, 0.1) is 11.3 Å². The molecule has 1 unspecified atom stereocenters. The summed E-state index contributed by atoms with van der Waals surface area (Å²) in [5.41, 5.74) is 0.981. The van der Waals surface area contributed by atoms with Crippen LogP contribution in [0.1, 0.15) is 23.7 Å². The van der Waals surface area contributed by atoms with E-state index in [0.29, 0.717) is 23.5 Å². The molecule has 0 saturated heterocycles. The van der Waals surface area contributed by atoms with Gasteiger partial charge in [0.25, 0.3) is 11.8 Å².